The largest absolute Gasteiger partial charge is 0.297 e. The maximum atomic E-state index is 4.34. The number of aryl methyl sites for hydroxylation is 1. The van der Waals surface area contributed by atoms with Gasteiger partial charge in [-0.25, -0.2) is 0 Å². The first kappa shape index (κ1) is 13.4. The van der Waals surface area contributed by atoms with Crippen molar-refractivity contribution in [3.05, 3.63) is 42.2 Å². The normalized spacial score (nSPS) is 17.5. The van der Waals surface area contributed by atoms with Gasteiger partial charge in [-0.05, 0) is 50.9 Å². The summed E-state index contributed by atoms with van der Waals surface area (Å²) in [7, 11) is 0. The highest BCUT2D eigenvalue weighted by molar-refractivity contribution is 5.62. The molecule has 0 amide bonds. The maximum absolute atomic E-state index is 4.34. The lowest BCUT2D eigenvalue weighted by atomic mass is 10.0. The van der Waals surface area contributed by atoms with Crippen LogP contribution in [0.25, 0.3) is 11.1 Å². The Balaban J connectivity index is 1.76. The molecule has 0 aliphatic carbocycles. The van der Waals surface area contributed by atoms with E-state index in [-0.39, 0.29) is 0 Å². The molecule has 0 radical (unpaired) electrons. The second-order valence-electron chi connectivity index (χ2n) is 5.63. The molecule has 2 heterocycles. The van der Waals surface area contributed by atoms with Crippen LogP contribution >= 0.6 is 0 Å². The third-order valence-corrected chi connectivity index (χ3v) is 4.37. The minimum Gasteiger partial charge on any atom is -0.297 e. The van der Waals surface area contributed by atoms with Gasteiger partial charge in [-0.2, -0.15) is 5.10 Å². The van der Waals surface area contributed by atoms with Crippen LogP contribution in [0.4, 0.5) is 0 Å². The summed E-state index contributed by atoms with van der Waals surface area (Å²) < 4.78 is 1.97. The van der Waals surface area contributed by atoms with E-state index in [1.807, 2.05) is 10.9 Å². The minimum absolute atomic E-state index is 0.532. The highest BCUT2D eigenvalue weighted by Crippen LogP contribution is 2.27. The zero-order valence-corrected chi connectivity index (χ0v) is 12.4. The molecule has 1 aliphatic heterocycles. The van der Waals surface area contributed by atoms with E-state index in [2.05, 4.69) is 54.3 Å². The molecule has 20 heavy (non-hydrogen) atoms. The lowest BCUT2D eigenvalue weighted by Gasteiger charge is -2.24. The molecule has 2 aromatic rings. The summed E-state index contributed by atoms with van der Waals surface area (Å²) >= 11 is 0. The first-order valence-electron chi connectivity index (χ1n) is 7.65. The quantitative estimate of drug-likeness (QED) is 0.843. The SMILES string of the molecule is CCn1cc(-c2ccc(C(C)N3CCCC3)cc2)cn1. The summed E-state index contributed by atoms with van der Waals surface area (Å²) in [6, 6.07) is 9.51. The van der Waals surface area contributed by atoms with Crippen LogP contribution in [0.2, 0.25) is 0 Å². The third kappa shape index (κ3) is 2.63. The molecule has 1 aliphatic rings. The third-order valence-electron chi connectivity index (χ3n) is 4.37. The second kappa shape index (κ2) is 5.80. The molecule has 3 rings (SSSR count). The van der Waals surface area contributed by atoms with Crippen LogP contribution in [0, 0.1) is 0 Å². The summed E-state index contributed by atoms with van der Waals surface area (Å²) in [4.78, 5) is 2.57. The van der Waals surface area contributed by atoms with E-state index in [9.17, 15) is 0 Å². The van der Waals surface area contributed by atoms with E-state index in [1.165, 1.54) is 42.6 Å². The first-order chi connectivity index (χ1) is 9.78. The zero-order valence-electron chi connectivity index (χ0n) is 12.4. The molecule has 0 saturated carbocycles. The van der Waals surface area contributed by atoms with Crippen molar-refractivity contribution >= 4 is 0 Å². The molecule has 1 unspecified atom stereocenters. The Labute approximate surface area is 121 Å². The van der Waals surface area contributed by atoms with E-state index < -0.39 is 0 Å². The van der Waals surface area contributed by atoms with Crippen LogP contribution in [0.5, 0.6) is 0 Å². The van der Waals surface area contributed by atoms with Crippen molar-refractivity contribution in [2.24, 2.45) is 0 Å². The van der Waals surface area contributed by atoms with Crippen LogP contribution in [-0.2, 0) is 6.54 Å². The van der Waals surface area contributed by atoms with Gasteiger partial charge in [0.2, 0.25) is 0 Å². The fourth-order valence-corrected chi connectivity index (χ4v) is 2.98. The van der Waals surface area contributed by atoms with Crippen molar-refractivity contribution in [3.63, 3.8) is 0 Å². The monoisotopic (exact) mass is 269 g/mol. The van der Waals surface area contributed by atoms with Crippen LogP contribution < -0.4 is 0 Å². The fourth-order valence-electron chi connectivity index (χ4n) is 2.98. The van der Waals surface area contributed by atoms with Gasteiger partial charge in [0.05, 0.1) is 6.20 Å². The Morgan fingerprint density at radius 2 is 1.80 bits per heavy atom. The van der Waals surface area contributed by atoms with Gasteiger partial charge < -0.3 is 0 Å². The number of hydrogen-bond donors (Lipinski definition) is 0. The van der Waals surface area contributed by atoms with Crippen molar-refractivity contribution in [2.45, 2.75) is 39.3 Å². The Kier molecular flexibility index (Phi) is 3.88. The molecule has 1 aromatic carbocycles. The maximum Gasteiger partial charge on any atom is 0.0568 e. The molecule has 1 fully saturated rings. The number of benzene rings is 1. The summed E-state index contributed by atoms with van der Waals surface area (Å²) in [5.41, 5.74) is 3.87. The average molecular weight is 269 g/mol. The molecule has 106 valence electrons. The van der Waals surface area contributed by atoms with Crippen molar-refractivity contribution in [1.29, 1.82) is 0 Å². The summed E-state index contributed by atoms with van der Waals surface area (Å²) in [5.74, 6) is 0. The van der Waals surface area contributed by atoms with Crippen LogP contribution in [0.1, 0.15) is 38.3 Å². The van der Waals surface area contributed by atoms with Gasteiger partial charge in [0.1, 0.15) is 0 Å². The van der Waals surface area contributed by atoms with Gasteiger partial charge >= 0.3 is 0 Å². The van der Waals surface area contributed by atoms with Gasteiger partial charge in [0.15, 0.2) is 0 Å². The molecule has 0 bridgehead atoms. The van der Waals surface area contributed by atoms with E-state index in [4.69, 9.17) is 0 Å². The molecule has 0 N–H and O–H groups in total. The van der Waals surface area contributed by atoms with Crippen LogP contribution in [0.15, 0.2) is 36.7 Å². The molecule has 3 nitrogen and oxygen atoms in total. The van der Waals surface area contributed by atoms with Gasteiger partial charge in [-0.15, -0.1) is 0 Å². The Morgan fingerprint density at radius 3 is 2.40 bits per heavy atom. The van der Waals surface area contributed by atoms with Crippen molar-refractivity contribution in [2.75, 3.05) is 13.1 Å². The van der Waals surface area contributed by atoms with Gasteiger partial charge in [-0.1, -0.05) is 24.3 Å². The molecule has 1 aromatic heterocycles. The van der Waals surface area contributed by atoms with Crippen molar-refractivity contribution < 1.29 is 0 Å². The highest BCUT2D eigenvalue weighted by atomic mass is 15.3. The van der Waals surface area contributed by atoms with E-state index >= 15 is 0 Å². The summed E-state index contributed by atoms with van der Waals surface area (Å²) in [6.45, 7) is 7.83. The number of likely N-dealkylation sites (tertiary alicyclic amines) is 1. The van der Waals surface area contributed by atoms with Crippen molar-refractivity contribution in [3.8, 4) is 11.1 Å². The van der Waals surface area contributed by atoms with E-state index in [1.54, 1.807) is 0 Å². The van der Waals surface area contributed by atoms with Crippen molar-refractivity contribution in [1.82, 2.24) is 14.7 Å². The van der Waals surface area contributed by atoms with Gasteiger partial charge in [0, 0.05) is 24.3 Å². The Hall–Kier alpha value is -1.61. The van der Waals surface area contributed by atoms with Crippen LogP contribution in [0.3, 0.4) is 0 Å². The molecule has 0 spiro atoms. The zero-order chi connectivity index (χ0) is 13.9. The first-order valence-corrected chi connectivity index (χ1v) is 7.65. The second-order valence-corrected chi connectivity index (χ2v) is 5.63. The minimum atomic E-state index is 0.532. The summed E-state index contributed by atoms with van der Waals surface area (Å²) in [6.07, 6.45) is 6.75. The van der Waals surface area contributed by atoms with Crippen LogP contribution in [-0.4, -0.2) is 27.8 Å². The average Bonchev–Trinajstić information content (AvgIpc) is 3.18. The highest BCUT2D eigenvalue weighted by Gasteiger charge is 2.19. The lowest BCUT2D eigenvalue weighted by Crippen LogP contribution is -2.23. The number of nitrogens with zero attached hydrogens (tertiary/aromatic N) is 3. The van der Waals surface area contributed by atoms with Gasteiger partial charge in [0.25, 0.3) is 0 Å². The van der Waals surface area contributed by atoms with E-state index in [0.717, 1.165) is 6.54 Å². The molecule has 1 atom stereocenters. The fraction of sp³-hybridized carbons (Fsp3) is 0.471. The number of rotatable bonds is 4. The topological polar surface area (TPSA) is 21.1 Å². The number of aromatic nitrogens is 2. The lowest BCUT2D eigenvalue weighted by molar-refractivity contribution is 0.263. The van der Waals surface area contributed by atoms with Gasteiger partial charge in [-0.3, -0.25) is 9.58 Å². The Morgan fingerprint density at radius 1 is 1.10 bits per heavy atom. The molecule has 1 saturated heterocycles. The predicted octanol–water partition coefficient (Wildman–Crippen LogP) is 3.73. The number of hydrogen-bond acceptors (Lipinski definition) is 2. The smallest absolute Gasteiger partial charge is 0.0568 e. The molecular formula is C17H23N3. The summed E-state index contributed by atoms with van der Waals surface area (Å²) in [5, 5.41) is 4.34. The molecule has 3 heteroatoms. The predicted molar refractivity (Wildman–Crippen MR) is 82.6 cm³/mol. The Bertz CT molecular complexity index is 550. The molecular weight excluding hydrogens is 246 g/mol. The van der Waals surface area contributed by atoms with E-state index in [0.29, 0.717) is 6.04 Å². The standard InChI is InChI=1S/C17H23N3/c1-3-20-13-17(12-18-20)16-8-6-15(7-9-16)14(2)19-10-4-5-11-19/h6-9,12-14H,3-5,10-11H2,1-2H3.